The smallest absolute Gasteiger partial charge is 0.290 e. The van der Waals surface area contributed by atoms with Gasteiger partial charge in [0.25, 0.3) is 15.7 Å². The Bertz CT molecular complexity index is 810. The summed E-state index contributed by atoms with van der Waals surface area (Å²) in [4.78, 5) is 13.5. The highest BCUT2D eigenvalue weighted by molar-refractivity contribution is 9.10. The maximum atomic E-state index is 12.3. The third-order valence-electron chi connectivity index (χ3n) is 2.46. The third-order valence-corrected chi connectivity index (χ3v) is 4.47. The van der Waals surface area contributed by atoms with Crippen molar-refractivity contribution >= 4 is 43.1 Å². The number of hydrogen-bond donors (Lipinski definition) is 2. The summed E-state index contributed by atoms with van der Waals surface area (Å²) < 4.78 is 27.2. The van der Waals surface area contributed by atoms with Gasteiger partial charge in [-0.2, -0.15) is 0 Å². The molecule has 1 aromatic heterocycles. The topological polar surface area (TPSA) is 128 Å². The molecular weight excluding hydrogens is 364 g/mol. The summed E-state index contributed by atoms with van der Waals surface area (Å²) in [6.45, 7) is 0. The van der Waals surface area contributed by atoms with E-state index in [1.807, 2.05) is 0 Å². The van der Waals surface area contributed by atoms with E-state index in [-0.39, 0.29) is 11.5 Å². The van der Waals surface area contributed by atoms with E-state index in [2.05, 4.69) is 25.6 Å². The van der Waals surface area contributed by atoms with Gasteiger partial charge in [-0.15, -0.1) is 0 Å². The van der Waals surface area contributed by atoms with Crippen molar-refractivity contribution in [2.75, 3.05) is 10.5 Å². The fraction of sp³-hybridized carbons (Fsp3) is 0. The van der Waals surface area contributed by atoms with Crippen LogP contribution in [0.2, 0.25) is 0 Å². The molecule has 0 bridgehead atoms. The first kappa shape index (κ1) is 15.2. The SMILES string of the molecule is Nc1ccc([N+](=O)[O-])c(S(=O)(=O)Nc2ncccc2Br)c1. The number of rotatable bonds is 4. The first-order chi connectivity index (χ1) is 9.81. The number of sulfonamides is 1. The molecule has 0 aliphatic carbocycles. The first-order valence-electron chi connectivity index (χ1n) is 5.48. The fourth-order valence-corrected chi connectivity index (χ4v) is 3.26. The zero-order chi connectivity index (χ0) is 15.6. The number of nitrogens with zero attached hydrogens (tertiary/aromatic N) is 2. The van der Waals surface area contributed by atoms with Crippen LogP contribution in [0.3, 0.4) is 0 Å². The molecule has 0 saturated heterocycles. The highest BCUT2D eigenvalue weighted by Crippen LogP contribution is 2.29. The largest absolute Gasteiger partial charge is 0.399 e. The van der Waals surface area contributed by atoms with Crippen LogP contribution < -0.4 is 10.5 Å². The number of nitrogens with one attached hydrogen (secondary N) is 1. The Morgan fingerprint density at radius 3 is 2.67 bits per heavy atom. The van der Waals surface area contributed by atoms with Crippen molar-refractivity contribution in [3.8, 4) is 0 Å². The Balaban J connectivity index is 2.52. The van der Waals surface area contributed by atoms with Crippen LogP contribution in [-0.2, 0) is 10.0 Å². The number of nitro benzene ring substituents is 1. The van der Waals surface area contributed by atoms with Gasteiger partial charge in [-0.1, -0.05) is 0 Å². The van der Waals surface area contributed by atoms with Gasteiger partial charge in [0, 0.05) is 18.0 Å². The Hall–Kier alpha value is -2.20. The molecule has 21 heavy (non-hydrogen) atoms. The summed E-state index contributed by atoms with van der Waals surface area (Å²) >= 11 is 3.14. The number of nitrogens with two attached hydrogens (primary N) is 1. The zero-order valence-electron chi connectivity index (χ0n) is 10.4. The molecule has 0 atom stereocenters. The molecule has 1 heterocycles. The minimum Gasteiger partial charge on any atom is -0.399 e. The van der Waals surface area contributed by atoms with Gasteiger partial charge < -0.3 is 5.73 Å². The number of hydrogen-bond acceptors (Lipinski definition) is 6. The maximum absolute atomic E-state index is 12.3. The van der Waals surface area contributed by atoms with Gasteiger partial charge in [0.2, 0.25) is 0 Å². The molecule has 8 nitrogen and oxygen atoms in total. The molecule has 0 amide bonds. The third kappa shape index (κ3) is 3.28. The van der Waals surface area contributed by atoms with Crippen LogP contribution in [-0.4, -0.2) is 18.3 Å². The first-order valence-corrected chi connectivity index (χ1v) is 7.76. The van der Waals surface area contributed by atoms with Gasteiger partial charge in [-0.3, -0.25) is 14.8 Å². The van der Waals surface area contributed by atoms with Gasteiger partial charge in [0.1, 0.15) is 0 Å². The van der Waals surface area contributed by atoms with Gasteiger partial charge in [-0.25, -0.2) is 13.4 Å². The lowest BCUT2D eigenvalue weighted by molar-refractivity contribution is -0.387. The summed E-state index contributed by atoms with van der Waals surface area (Å²) in [6, 6.07) is 6.51. The highest BCUT2D eigenvalue weighted by Gasteiger charge is 2.27. The van der Waals surface area contributed by atoms with Gasteiger partial charge >= 0.3 is 0 Å². The lowest BCUT2D eigenvalue weighted by atomic mass is 10.3. The molecule has 10 heteroatoms. The minimum atomic E-state index is -4.20. The van der Waals surface area contributed by atoms with E-state index in [4.69, 9.17) is 5.73 Å². The van der Waals surface area contributed by atoms with Crippen molar-refractivity contribution in [2.45, 2.75) is 4.90 Å². The molecule has 0 fully saturated rings. The van der Waals surface area contributed by atoms with Crippen molar-refractivity contribution in [2.24, 2.45) is 0 Å². The minimum absolute atomic E-state index is 0.0224. The van der Waals surface area contributed by atoms with Crippen molar-refractivity contribution in [1.82, 2.24) is 4.98 Å². The molecule has 110 valence electrons. The van der Waals surface area contributed by atoms with E-state index < -0.39 is 25.5 Å². The summed E-state index contributed by atoms with van der Waals surface area (Å²) in [7, 11) is -4.20. The molecule has 0 unspecified atom stereocenters. The molecule has 2 aromatic rings. The van der Waals surface area contributed by atoms with E-state index in [0.717, 1.165) is 12.1 Å². The molecular formula is C11H9BrN4O4S. The zero-order valence-corrected chi connectivity index (χ0v) is 12.8. The predicted molar refractivity (Wildman–Crippen MR) is 80.3 cm³/mol. The second kappa shape index (κ2) is 5.66. The summed E-state index contributed by atoms with van der Waals surface area (Å²) in [5.74, 6) is 0.0224. The number of anilines is 2. The number of nitrogen functional groups attached to an aromatic ring is 1. The van der Waals surface area contributed by atoms with Crippen LogP contribution in [0.15, 0.2) is 45.9 Å². The fourth-order valence-electron chi connectivity index (χ4n) is 1.54. The number of pyridine rings is 1. The van der Waals surface area contributed by atoms with Crippen molar-refractivity contribution in [3.05, 3.63) is 51.1 Å². The van der Waals surface area contributed by atoms with E-state index in [0.29, 0.717) is 4.47 Å². The van der Waals surface area contributed by atoms with Crippen molar-refractivity contribution < 1.29 is 13.3 Å². The van der Waals surface area contributed by atoms with E-state index >= 15 is 0 Å². The molecule has 0 saturated carbocycles. The highest BCUT2D eigenvalue weighted by atomic mass is 79.9. The van der Waals surface area contributed by atoms with E-state index in [1.54, 1.807) is 12.1 Å². The Morgan fingerprint density at radius 2 is 2.05 bits per heavy atom. The quantitative estimate of drug-likeness (QED) is 0.480. The molecule has 0 spiro atoms. The molecule has 0 aliphatic rings. The number of halogens is 1. The van der Waals surface area contributed by atoms with E-state index in [9.17, 15) is 18.5 Å². The van der Waals surface area contributed by atoms with Crippen molar-refractivity contribution in [3.63, 3.8) is 0 Å². The summed E-state index contributed by atoms with van der Waals surface area (Å²) in [5, 5.41) is 10.9. The van der Waals surface area contributed by atoms with Gasteiger partial charge in [0.15, 0.2) is 10.7 Å². The standard InChI is InChI=1S/C11H9BrN4O4S/c12-8-2-1-5-14-11(8)15-21(19,20)10-6-7(13)3-4-9(10)16(17)18/h1-6H,13H2,(H,14,15). The molecule has 0 aliphatic heterocycles. The number of aromatic nitrogens is 1. The Kier molecular flexibility index (Phi) is 4.09. The van der Waals surface area contributed by atoms with Gasteiger partial charge in [-0.05, 0) is 40.2 Å². The van der Waals surface area contributed by atoms with Crippen LogP contribution >= 0.6 is 15.9 Å². The molecule has 2 rings (SSSR count). The van der Waals surface area contributed by atoms with Gasteiger partial charge in [0.05, 0.1) is 9.40 Å². The van der Waals surface area contributed by atoms with Crippen LogP contribution in [0.5, 0.6) is 0 Å². The lowest BCUT2D eigenvalue weighted by Crippen LogP contribution is -2.16. The summed E-state index contributed by atoms with van der Waals surface area (Å²) in [6.07, 6.45) is 1.39. The monoisotopic (exact) mass is 372 g/mol. The van der Waals surface area contributed by atoms with Crippen LogP contribution in [0.1, 0.15) is 0 Å². The number of nitro groups is 1. The summed E-state index contributed by atoms with van der Waals surface area (Å²) in [5.41, 5.74) is 5.04. The normalized spacial score (nSPS) is 11.1. The molecule has 3 N–H and O–H groups in total. The van der Waals surface area contributed by atoms with E-state index in [1.165, 1.54) is 12.3 Å². The maximum Gasteiger partial charge on any atom is 0.290 e. The average molecular weight is 373 g/mol. The van der Waals surface area contributed by atoms with Crippen LogP contribution in [0.25, 0.3) is 0 Å². The van der Waals surface area contributed by atoms with Crippen molar-refractivity contribution in [1.29, 1.82) is 0 Å². The Morgan fingerprint density at radius 1 is 1.33 bits per heavy atom. The Labute approximate surface area is 128 Å². The van der Waals surface area contributed by atoms with Crippen LogP contribution in [0, 0.1) is 10.1 Å². The molecule has 1 aromatic carbocycles. The lowest BCUT2D eigenvalue weighted by Gasteiger charge is -2.09. The predicted octanol–water partition coefficient (Wildman–Crippen LogP) is 2.14. The number of benzene rings is 1. The second-order valence-electron chi connectivity index (χ2n) is 3.92. The second-order valence-corrected chi connectivity index (χ2v) is 6.43. The average Bonchev–Trinajstić information content (AvgIpc) is 2.41. The van der Waals surface area contributed by atoms with Crippen LogP contribution in [0.4, 0.5) is 17.2 Å². The molecule has 0 radical (unpaired) electrons.